The van der Waals surface area contributed by atoms with E-state index >= 15 is 0 Å². The van der Waals surface area contributed by atoms with E-state index < -0.39 is 5.60 Å². The van der Waals surface area contributed by atoms with Gasteiger partial charge in [0, 0.05) is 23.7 Å². The molecular weight excluding hydrogens is 266 g/mol. The summed E-state index contributed by atoms with van der Waals surface area (Å²) in [4.78, 5) is 0. The molecule has 106 valence electrons. The zero-order valence-electron chi connectivity index (χ0n) is 11.2. The van der Waals surface area contributed by atoms with Crippen LogP contribution < -0.4 is 11.1 Å². The first kappa shape index (κ1) is 15.8. The van der Waals surface area contributed by atoms with Crippen LogP contribution in [0, 0.1) is 0 Å². The summed E-state index contributed by atoms with van der Waals surface area (Å²) in [6, 6.07) is 5.19. The van der Waals surface area contributed by atoms with E-state index in [1.807, 2.05) is 13.0 Å². The number of hydrogen-bond donors (Lipinski definition) is 4. The zero-order valence-corrected chi connectivity index (χ0v) is 11.9. The number of aliphatic hydroxyl groups is 1. The van der Waals surface area contributed by atoms with E-state index in [-0.39, 0.29) is 5.84 Å². The normalized spacial score (nSPS) is 15.3. The van der Waals surface area contributed by atoms with Crippen molar-refractivity contribution < 1.29 is 10.3 Å². The second-order valence-corrected chi connectivity index (χ2v) is 5.15. The smallest absolute Gasteiger partial charge is 0.170 e. The molecule has 1 aromatic carbocycles. The Bertz CT molecular complexity index is 461. The Balaban J connectivity index is 2.66. The van der Waals surface area contributed by atoms with E-state index in [2.05, 4.69) is 10.5 Å². The van der Waals surface area contributed by atoms with E-state index in [1.165, 1.54) is 0 Å². The molecule has 0 aliphatic rings. The Labute approximate surface area is 118 Å². The lowest BCUT2D eigenvalue weighted by molar-refractivity contribution is 0.0555. The van der Waals surface area contributed by atoms with Crippen molar-refractivity contribution in [3.63, 3.8) is 0 Å². The van der Waals surface area contributed by atoms with Gasteiger partial charge in [-0.2, -0.15) is 0 Å². The van der Waals surface area contributed by atoms with Crippen LogP contribution in [0.1, 0.15) is 31.4 Å². The molecule has 0 saturated carbocycles. The van der Waals surface area contributed by atoms with Crippen LogP contribution in [0.3, 0.4) is 0 Å². The molecule has 1 rings (SSSR count). The molecule has 5 nitrogen and oxygen atoms in total. The first-order valence-electron chi connectivity index (χ1n) is 6.09. The summed E-state index contributed by atoms with van der Waals surface area (Å²) in [5, 5.41) is 25.1. The van der Waals surface area contributed by atoms with Gasteiger partial charge in [-0.3, -0.25) is 0 Å². The predicted molar refractivity (Wildman–Crippen MR) is 76.6 cm³/mol. The first-order chi connectivity index (χ1) is 8.89. The fourth-order valence-corrected chi connectivity index (χ4v) is 1.75. The van der Waals surface area contributed by atoms with Gasteiger partial charge in [-0.25, -0.2) is 0 Å². The molecule has 0 amide bonds. The summed E-state index contributed by atoms with van der Waals surface area (Å²) in [6.45, 7) is 4.75. The number of benzene rings is 1. The lowest BCUT2D eigenvalue weighted by atomic mass is 10.0. The maximum absolute atomic E-state index is 9.86. The fourth-order valence-electron chi connectivity index (χ4n) is 1.50. The van der Waals surface area contributed by atoms with Crippen molar-refractivity contribution in [2.24, 2.45) is 10.9 Å². The minimum Gasteiger partial charge on any atom is -0.409 e. The van der Waals surface area contributed by atoms with Gasteiger partial charge in [0.2, 0.25) is 0 Å². The highest BCUT2D eigenvalue weighted by molar-refractivity contribution is 6.31. The van der Waals surface area contributed by atoms with Crippen molar-refractivity contribution in [3.05, 3.63) is 34.3 Å². The second kappa shape index (κ2) is 6.75. The maximum Gasteiger partial charge on any atom is 0.170 e. The SMILES string of the molecule is CCC(C)(O)CNCc1ccc(/C(N)=N/O)cc1Cl. The average Bonchev–Trinajstić information content (AvgIpc) is 2.39. The summed E-state index contributed by atoms with van der Waals surface area (Å²) < 4.78 is 0. The molecule has 1 aromatic rings. The first-order valence-corrected chi connectivity index (χ1v) is 6.47. The molecule has 19 heavy (non-hydrogen) atoms. The number of halogens is 1. The Morgan fingerprint density at radius 3 is 2.74 bits per heavy atom. The number of nitrogens with one attached hydrogen (secondary N) is 1. The van der Waals surface area contributed by atoms with Crippen LogP contribution in [0.15, 0.2) is 23.4 Å². The second-order valence-electron chi connectivity index (χ2n) is 4.75. The van der Waals surface area contributed by atoms with E-state index in [1.54, 1.807) is 19.1 Å². The molecule has 0 aliphatic carbocycles. The number of oxime groups is 1. The number of rotatable bonds is 6. The molecule has 1 unspecified atom stereocenters. The van der Waals surface area contributed by atoms with Crippen molar-refractivity contribution in [3.8, 4) is 0 Å². The minimum atomic E-state index is -0.722. The van der Waals surface area contributed by atoms with Crippen LogP contribution in [0.5, 0.6) is 0 Å². The van der Waals surface area contributed by atoms with Crippen LogP contribution in [0.2, 0.25) is 5.02 Å². The van der Waals surface area contributed by atoms with Crippen LogP contribution >= 0.6 is 11.6 Å². The van der Waals surface area contributed by atoms with E-state index in [4.69, 9.17) is 22.5 Å². The minimum absolute atomic E-state index is 0.0234. The highest BCUT2D eigenvalue weighted by Gasteiger charge is 2.16. The van der Waals surface area contributed by atoms with Gasteiger partial charge in [0.1, 0.15) is 0 Å². The molecule has 0 bridgehead atoms. The maximum atomic E-state index is 9.86. The molecule has 0 spiro atoms. The van der Waals surface area contributed by atoms with Gasteiger partial charge in [-0.1, -0.05) is 35.8 Å². The van der Waals surface area contributed by atoms with Gasteiger partial charge in [-0.05, 0) is 25.0 Å². The van der Waals surface area contributed by atoms with Crippen LogP contribution in [-0.2, 0) is 6.54 Å². The van der Waals surface area contributed by atoms with Crippen molar-refractivity contribution >= 4 is 17.4 Å². The molecule has 6 heteroatoms. The number of nitrogens with zero attached hydrogens (tertiary/aromatic N) is 1. The largest absolute Gasteiger partial charge is 0.409 e. The summed E-state index contributed by atoms with van der Waals surface area (Å²) in [5.41, 5.74) is 6.22. The molecular formula is C13H20ClN3O2. The van der Waals surface area contributed by atoms with E-state index in [9.17, 15) is 5.11 Å². The highest BCUT2D eigenvalue weighted by atomic mass is 35.5. The van der Waals surface area contributed by atoms with Crippen LogP contribution in [0.4, 0.5) is 0 Å². The van der Waals surface area contributed by atoms with Gasteiger partial charge in [0.25, 0.3) is 0 Å². The highest BCUT2D eigenvalue weighted by Crippen LogP contribution is 2.18. The summed E-state index contributed by atoms with van der Waals surface area (Å²) in [7, 11) is 0. The number of amidine groups is 1. The van der Waals surface area contributed by atoms with Gasteiger partial charge in [0.15, 0.2) is 5.84 Å². The third kappa shape index (κ3) is 4.70. The Morgan fingerprint density at radius 2 is 2.21 bits per heavy atom. The summed E-state index contributed by atoms with van der Waals surface area (Å²) in [5.74, 6) is 0.0234. The Hall–Kier alpha value is -1.30. The molecule has 0 aromatic heterocycles. The molecule has 5 N–H and O–H groups in total. The van der Waals surface area contributed by atoms with Crippen LogP contribution in [-0.4, -0.2) is 28.3 Å². The van der Waals surface area contributed by atoms with Crippen LogP contribution in [0.25, 0.3) is 0 Å². The molecule has 0 saturated heterocycles. The van der Waals surface area contributed by atoms with Gasteiger partial charge in [0.05, 0.1) is 5.60 Å². The molecule has 0 fully saturated rings. The lowest BCUT2D eigenvalue weighted by Crippen LogP contribution is -2.36. The van der Waals surface area contributed by atoms with E-state index in [0.717, 1.165) is 5.56 Å². The van der Waals surface area contributed by atoms with E-state index in [0.29, 0.717) is 30.1 Å². The average molecular weight is 286 g/mol. The summed E-state index contributed by atoms with van der Waals surface area (Å²) >= 11 is 6.12. The van der Waals surface area contributed by atoms with Gasteiger partial charge >= 0.3 is 0 Å². The fraction of sp³-hybridized carbons (Fsp3) is 0.462. The van der Waals surface area contributed by atoms with Crippen molar-refractivity contribution in [2.45, 2.75) is 32.4 Å². The van der Waals surface area contributed by atoms with Crippen molar-refractivity contribution in [1.29, 1.82) is 0 Å². The van der Waals surface area contributed by atoms with Gasteiger partial charge in [-0.15, -0.1) is 0 Å². The van der Waals surface area contributed by atoms with Gasteiger partial charge < -0.3 is 21.4 Å². The number of hydrogen-bond acceptors (Lipinski definition) is 4. The van der Waals surface area contributed by atoms with Crippen molar-refractivity contribution in [2.75, 3.05) is 6.54 Å². The topological polar surface area (TPSA) is 90.9 Å². The Morgan fingerprint density at radius 1 is 1.53 bits per heavy atom. The lowest BCUT2D eigenvalue weighted by Gasteiger charge is -2.21. The monoisotopic (exact) mass is 285 g/mol. The van der Waals surface area contributed by atoms with Crippen molar-refractivity contribution in [1.82, 2.24) is 5.32 Å². The quantitative estimate of drug-likeness (QED) is 0.277. The Kier molecular flexibility index (Phi) is 5.60. The zero-order chi connectivity index (χ0) is 14.5. The standard InChI is InChI=1S/C13H20ClN3O2/c1-3-13(2,18)8-16-7-10-5-4-9(6-11(10)14)12(15)17-19/h4-6,16,18-19H,3,7-8H2,1-2H3,(H2,15,17). The molecule has 0 heterocycles. The molecule has 0 radical (unpaired) electrons. The third-order valence-corrected chi connectivity index (χ3v) is 3.39. The third-order valence-electron chi connectivity index (χ3n) is 3.04. The molecule has 0 aliphatic heterocycles. The predicted octanol–water partition coefficient (Wildman–Crippen LogP) is 1.69. The number of nitrogens with two attached hydrogens (primary N) is 1. The molecule has 1 atom stereocenters. The summed E-state index contributed by atoms with van der Waals surface area (Å²) in [6.07, 6.45) is 0.677.